The van der Waals surface area contributed by atoms with Gasteiger partial charge in [-0.2, -0.15) is 0 Å². The van der Waals surface area contributed by atoms with Gasteiger partial charge in [0.05, 0.1) is 6.61 Å². The summed E-state index contributed by atoms with van der Waals surface area (Å²) in [7, 11) is 0. The van der Waals surface area contributed by atoms with Crippen LogP contribution in [-0.4, -0.2) is 40.6 Å². The van der Waals surface area contributed by atoms with Gasteiger partial charge in [-0.3, -0.25) is 4.79 Å². The van der Waals surface area contributed by atoms with E-state index >= 15 is 0 Å². The average molecular weight is 319 g/mol. The van der Waals surface area contributed by atoms with Gasteiger partial charge in [-0.15, -0.1) is 0 Å². The van der Waals surface area contributed by atoms with E-state index in [1.165, 1.54) is 5.57 Å². The molecule has 3 rings (SSSR count). The standard InChI is InChI=1S/C18H25NO4/c1-5-23-16(21)18(22)15(20)19-10-6-7-12-11(2)8-9-13(14(12)19)17(18,3)4/h7,11,22H,5-6,8-10H2,1-4H3. The van der Waals surface area contributed by atoms with Gasteiger partial charge in [0, 0.05) is 17.7 Å². The van der Waals surface area contributed by atoms with Gasteiger partial charge in [-0.1, -0.05) is 26.8 Å². The van der Waals surface area contributed by atoms with Crippen molar-refractivity contribution in [2.75, 3.05) is 13.2 Å². The Labute approximate surface area is 137 Å². The summed E-state index contributed by atoms with van der Waals surface area (Å²) in [6.07, 6.45) is 4.71. The number of hydrogen-bond donors (Lipinski definition) is 1. The van der Waals surface area contributed by atoms with Crippen molar-refractivity contribution in [1.82, 2.24) is 4.90 Å². The van der Waals surface area contributed by atoms with E-state index in [0.29, 0.717) is 12.5 Å². The molecule has 126 valence electrons. The zero-order chi connectivity index (χ0) is 17.0. The first-order chi connectivity index (χ1) is 10.8. The lowest BCUT2D eigenvalue weighted by Gasteiger charge is -2.53. The highest BCUT2D eigenvalue weighted by Gasteiger charge is 2.64. The van der Waals surface area contributed by atoms with Crippen molar-refractivity contribution in [2.24, 2.45) is 11.3 Å². The van der Waals surface area contributed by atoms with Gasteiger partial charge in [-0.25, -0.2) is 4.79 Å². The molecule has 0 aromatic heterocycles. The highest BCUT2D eigenvalue weighted by atomic mass is 16.6. The Kier molecular flexibility index (Phi) is 3.67. The fourth-order valence-electron chi connectivity index (χ4n) is 4.19. The molecule has 0 aromatic rings. The lowest BCUT2D eigenvalue weighted by atomic mass is 9.61. The van der Waals surface area contributed by atoms with Crippen LogP contribution in [0.15, 0.2) is 22.9 Å². The molecule has 5 heteroatoms. The number of esters is 1. The van der Waals surface area contributed by atoms with E-state index in [1.54, 1.807) is 25.7 Å². The minimum absolute atomic E-state index is 0.137. The van der Waals surface area contributed by atoms with Crippen molar-refractivity contribution < 1.29 is 19.4 Å². The lowest BCUT2D eigenvalue weighted by molar-refractivity contribution is -0.189. The van der Waals surface area contributed by atoms with E-state index in [0.717, 1.165) is 30.5 Å². The zero-order valence-electron chi connectivity index (χ0n) is 14.3. The number of rotatable bonds is 2. The maximum Gasteiger partial charge on any atom is 0.349 e. The summed E-state index contributed by atoms with van der Waals surface area (Å²) in [4.78, 5) is 27.2. The van der Waals surface area contributed by atoms with Crippen LogP contribution in [0.5, 0.6) is 0 Å². The van der Waals surface area contributed by atoms with Crippen molar-refractivity contribution in [3.63, 3.8) is 0 Å². The smallest absolute Gasteiger partial charge is 0.349 e. The van der Waals surface area contributed by atoms with E-state index in [9.17, 15) is 14.7 Å². The normalized spacial score (nSPS) is 32.4. The monoisotopic (exact) mass is 319 g/mol. The number of carbonyl (C=O) groups is 2. The topological polar surface area (TPSA) is 66.8 Å². The van der Waals surface area contributed by atoms with E-state index < -0.39 is 22.9 Å². The second-order valence-corrected chi connectivity index (χ2v) is 7.23. The molecule has 1 N–H and O–H groups in total. The third-order valence-corrected chi connectivity index (χ3v) is 5.69. The SMILES string of the molecule is CCOC(=O)C1(O)C(=O)N2CCC=C3C2=C(CCC3C)C1(C)C. The zero-order valence-corrected chi connectivity index (χ0v) is 14.3. The Morgan fingerprint density at radius 2 is 2.17 bits per heavy atom. The summed E-state index contributed by atoms with van der Waals surface area (Å²) in [5.74, 6) is -0.982. The van der Waals surface area contributed by atoms with E-state index in [2.05, 4.69) is 13.0 Å². The van der Waals surface area contributed by atoms with Crippen LogP contribution in [0.1, 0.15) is 47.0 Å². The Balaban J connectivity index is 2.21. The predicted octanol–water partition coefficient (Wildman–Crippen LogP) is 2.16. The first-order valence-electron chi connectivity index (χ1n) is 8.42. The van der Waals surface area contributed by atoms with Gasteiger partial charge < -0.3 is 14.7 Å². The molecule has 2 atom stereocenters. The highest BCUT2D eigenvalue weighted by Crippen LogP contribution is 2.54. The average Bonchev–Trinajstić information content (AvgIpc) is 2.52. The minimum atomic E-state index is -2.15. The molecule has 0 fully saturated rings. The van der Waals surface area contributed by atoms with Crippen LogP contribution < -0.4 is 0 Å². The molecule has 0 radical (unpaired) electrons. The van der Waals surface area contributed by atoms with Gasteiger partial charge in [-0.05, 0) is 43.3 Å². The highest BCUT2D eigenvalue weighted by molar-refractivity contribution is 6.09. The fraction of sp³-hybridized carbons (Fsp3) is 0.667. The second kappa shape index (κ2) is 5.20. The largest absolute Gasteiger partial charge is 0.463 e. The second-order valence-electron chi connectivity index (χ2n) is 7.23. The number of hydrogen-bond acceptors (Lipinski definition) is 4. The Morgan fingerprint density at radius 1 is 1.48 bits per heavy atom. The summed E-state index contributed by atoms with van der Waals surface area (Å²) in [5.41, 5.74) is 0.00406. The Bertz CT molecular complexity index is 631. The van der Waals surface area contributed by atoms with Gasteiger partial charge in [0.25, 0.3) is 11.5 Å². The summed E-state index contributed by atoms with van der Waals surface area (Å²) < 4.78 is 5.06. The minimum Gasteiger partial charge on any atom is -0.463 e. The van der Waals surface area contributed by atoms with Crippen molar-refractivity contribution in [2.45, 2.75) is 52.6 Å². The first-order valence-corrected chi connectivity index (χ1v) is 8.42. The molecule has 5 nitrogen and oxygen atoms in total. The molecular formula is C18H25NO4. The van der Waals surface area contributed by atoms with Gasteiger partial charge in [0.2, 0.25) is 0 Å². The summed E-state index contributed by atoms with van der Waals surface area (Å²) in [6.45, 7) is 8.05. The molecule has 0 bridgehead atoms. The third-order valence-electron chi connectivity index (χ3n) is 5.69. The van der Waals surface area contributed by atoms with Gasteiger partial charge >= 0.3 is 5.97 Å². The summed E-state index contributed by atoms with van der Waals surface area (Å²) in [5, 5.41) is 11.2. The number of carbonyl (C=O) groups excluding carboxylic acids is 2. The third kappa shape index (κ3) is 1.95. The summed E-state index contributed by atoms with van der Waals surface area (Å²) in [6, 6.07) is 0. The molecule has 23 heavy (non-hydrogen) atoms. The molecule has 0 saturated heterocycles. The van der Waals surface area contributed by atoms with E-state index in [1.807, 2.05) is 0 Å². The molecule has 0 aromatic carbocycles. The molecule has 2 unspecified atom stereocenters. The van der Waals surface area contributed by atoms with Crippen LogP contribution in [-0.2, 0) is 14.3 Å². The maximum absolute atomic E-state index is 13.1. The molecule has 2 heterocycles. The van der Waals surface area contributed by atoms with Crippen LogP contribution in [0.3, 0.4) is 0 Å². The van der Waals surface area contributed by atoms with Crippen molar-refractivity contribution in [1.29, 1.82) is 0 Å². The van der Waals surface area contributed by atoms with Gasteiger partial charge in [0.1, 0.15) is 0 Å². The van der Waals surface area contributed by atoms with Crippen LogP contribution in [0, 0.1) is 11.3 Å². The molecule has 1 amide bonds. The first kappa shape index (κ1) is 16.2. The molecule has 0 spiro atoms. The molecule has 1 aliphatic carbocycles. The maximum atomic E-state index is 13.1. The van der Waals surface area contributed by atoms with E-state index in [-0.39, 0.29) is 6.61 Å². The lowest BCUT2D eigenvalue weighted by Crippen LogP contribution is -2.67. The number of amides is 1. The van der Waals surface area contributed by atoms with Crippen molar-refractivity contribution >= 4 is 11.9 Å². The van der Waals surface area contributed by atoms with Crippen LogP contribution in [0.2, 0.25) is 0 Å². The predicted molar refractivity (Wildman–Crippen MR) is 85.2 cm³/mol. The van der Waals surface area contributed by atoms with Crippen LogP contribution >= 0.6 is 0 Å². The van der Waals surface area contributed by atoms with Crippen LogP contribution in [0.4, 0.5) is 0 Å². The Hall–Kier alpha value is -1.62. The fourth-order valence-corrected chi connectivity index (χ4v) is 4.19. The number of aliphatic hydroxyl groups is 1. The number of ether oxygens (including phenoxy) is 1. The van der Waals surface area contributed by atoms with Crippen molar-refractivity contribution in [3.05, 3.63) is 22.9 Å². The molecule has 0 saturated carbocycles. The molecular weight excluding hydrogens is 294 g/mol. The Morgan fingerprint density at radius 3 is 2.83 bits per heavy atom. The number of allylic oxidation sites excluding steroid dienone is 1. The summed E-state index contributed by atoms with van der Waals surface area (Å²) >= 11 is 0. The quantitative estimate of drug-likeness (QED) is 0.626. The molecule has 2 aliphatic heterocycles. The van der Waals surface area contributed by atoms with Gasteiger partial charge in [0.15, 0.2) is 0 Å². The van der Waals surface area contributed by atoms with Crippen LogP contribution in [0.25, 0.3) is 0 Å². The molecule has 3 aliphatic rings. The van der Waals surface area contributed by atoms with E-state index in [4.69, 9.17) is 4.74 Å². The van der Waals surface area contributed by atoms with Crippen molar-refractivity contribution in [3.8, 4) is 0 Å². The number of nitrogens with zero attached hydrogens (tertiary/aromatic N) is 1.